The summed E-state index contributed by atoms with van der Waals surface area (Å²) in [6.45, 7) is 0.565. The molecule has 0 unspecified atom stereocenters. The standard InChI is InChI=1S/C20H20FNO4/c21-16-7-9-18(10-8-16)25-11-2-12-26-20(24)15-3-1-4-17(13-15)22-19(23)14-5-6-14/h1,3-4,7-10,13-14H,2,5-6,11-12H2,(H,22,23). The van der Waals surface area contributed by atoms with E-state index in [0.717, 1.165) is 12.8 Å². The molecule has 0 heterocycles. The van der Waals surface area contributed by atoms with E-state index in [1.807, 2.05) is 0 Å². The zero-order valence-electron chi connectivity index (χ0n) is 14.2. The summed E-state index contributed by atoms with van der Waals surface area (Å²) >= 11 is 0. The van der Waals surface area contributed by atoms with E-state index in [-0.39, 0.29) is 24.2 Å². The van der Waals surface area contributed by atoms with Crippen molar-refractivity contribution in [1.82, 2.24) is 0 Å². The van der Waals surface area contributed by atoms with Crippen LogP contribution in [0.3, 0.4) is 0 Å². The number of hydrogen-bond acceptors (Lipinski definition) is 4. The van der Waals surface area contributed by atoms with Crippen molar-refractivity contribution in [2.75, 3.05) is 18.5 Å². The average Bonchev–Trinajstić information content (AvgIpc) is 3.48. The monoisotopic (exact) mass is 357 g/mol. The molecule has 1 amide bonds. The highest BCUT2D eigenvalue weighted by Crippen LogP contribution is 2.30. The molecule has 6 heteroatoms. The lowest BCUT2D eigenvalue weighted by Gasteiger charge is -2.09. The Kier molecular flexibility index (Phi) is 5.84. The van der Waals surface area contributed by atoms with Gasteiger partial charge in [0, 0.05) is 18.0 Å². The van der Waals surface area contributed by atoms with Gasteiger partial charge in [0.05, 0.1) is 18.8 Å². The van der Waals surface area contributed by atoms with Gasteiger partial charge in [-0.1, -0.05) is 6.07 Å². The zero-order valence-corrected chi connectivity index (χ0v) is 14.2. The summed E-state index contributed by atoms with van der Waals surface area (Å²) in [7, 11) is 0. The maximum atomic E-state index is 12.8. The minimum absolute atomic E-state index is 0.00606. The fraction of sp³-hybridized carbons (Fsp3) is 0.300. The Morgan fingerprint density at radius 2 is 1.85 bits per heavy atom. The van der Waals surface area contributed by atoms with E-state index in [1.54, 1.807) is 36.4 Å². The number of hydrogen-bond donors (Lipinski definition) is 1. The number of anilines is 1. The van der Waals surface area contributed by atoms with Gasteiger partial charge < -0.3 is 14.8 Å². The van der Waals surface area contributed by atoms with Gasteiger partial charge in [0.25, 0.3) is 0 Å². The van der Waals surface area contributed by atoms with Crippen LogP contribution in [0.4, 0.5) is 10.1 Å². The van der Waals surface area contributed by atoms with Crippen molar-refractivity contribution in [3.05, 3.63) is 59.9 Å². The Balaban J connectivity index is 1.40. The number of halogens is 1. The van der Waals surface area contributed by atoms with Gasteiger partial charge in [-0.2, -0.15) is 0 Å². The van der Waals surface area contributed by atoms with Crippen LogP contribution >= 0.6 is 0 Å². The Labute approximate surface area is 151 Å². The fourth-order valence-corrected chi connectivity index (χ4v) is 2.34. The molecule has 1 N–H and O–H groups in total. The highest BCUT2D eigenvalue weighted by molar-refractivity contribution is 5.96. The van der Waals surface area contributed by atoms with Gasteiger partial charge in [-0.25, -0.2) is 9.18 Å². The van der Waals surface area contributed by atoms with Gasteiger partial charge in [-0.05, 0) is 55.3 Å². The van der Waals surface area contributed by atoms with Crippen LogP contribution in [0.15, 0.2) is 48.5 Å². The molecule has 1 aliphatic rings. The molecule has 0 spiro atoms. The molecule has 1 aliphatic carbocycles. The molecule has 5 nitrogen and oxygen atoms in total. The first kappa shape index (κ1) is 17.9. The van der Waals surface area contributed by atoms with Crippen LogP contribution in [0.5, 0.6) is 5.75 Å². The first-order chi connectivity index (χ1) is 12.6. The van der Waals surface area contributed by atoms with Gasteiger partial charge >= 0.3 is 5.97 Å². The minimum Gasteiger partial charge on any atom is -0.493 e. The Bertz CT molecular complexity index is 772. The molecule has 1 saturated carbocycles. The van der Waals surface area contributed by atoms with Crippen LogP contribution in [-0.4, -0.2) is 25.1 Å². The lowest BCUT2D eigenvalue weighted by molar-refractivity contribution is -0.117. The Morgan fingerprint density at radius 1 is 1.08 bits per heavy atom. The van der Waals surface area contributed by atoms with Gasteiger partial charge in [0.15, 0.2) is 0 Å². The summed E-state index contributed by atoms with van der Waals surface area (Å²) in [6, 6.07) is 12.4. The number of esters is 1. The SMILES string of the molecule is O=C(OCCCOc1ccc(F)cc1)c1cccc(NC(=O)C2CC2)c1. The predicted molar refractivity (Wildman–Crippen MR) is 94.6 cm³/mol. The Hall–Kier alpha value is -2.89. The number of ether oxygens (including phenoxy) is 2. The van der Waals surface area contributed by atoms with Crippen LogP contribution in [0, 0.1) is 11.7 Å². The third kappa shape index (κ3) is 5.31. The van der Waals surface area contributed by atoms with Crippen molar-refractivity contribution in [3.8, 4) is 5.75 Å². The van der Waals surface area contributed by atoms with Crippen LogP contribution < -0.4 is 10.1 Å². The lowest BCUT2D eigenvalue weighted by atomic mass is 10.2. The Morgan fingerprint density at radius 3 is 2.58 bits per heavy atom. The zero-order chi connectivity index (χ0) is 18.4. The first-order valence-electron chi connectivity index (χ1n) is 8.58. The van der Waals surface area contributed by atoms with Crippen molar-refractivity contribution in [2.45, 2.75) is 19.3 Å². The number of carbonyl (C=O) groups is 2. The highest BCUT2D eigenvalue weighted by Gasteiger charge is 2.29. The van der Waals surface area contributed by atoms with E-state index in [1.165, 1.54) is 12.1 Å². The number of nitrogens with one attached hydrogen (secondary N) is 1. The summed E-state index contributed by atoms with van der Waals surface area (Å²) in [5, 5.41) is 2.80. The number of rotatable bonds is 8. The molecule has 3 rings (SSSR count). The van der Waals surface area contributed by atoms with E-state index in [2.05, 4.69) is 5.32 Å². The largest absolute Gasteiger partial charge is 0.493 e. The molecule has 0 atom stereocenters. The molecule has 2 aromatic carbocycles. The average molecular weight is 357 g/mol. The van der Waals surface area contributed by atoms with Crippen molar-refractivity contribution < 1.29 is 23.5 Å². The van der Waals surface area contributed by atoms with Crippen LogP contribution in [0.1, 0.15) is 29.6 Å². The summed E-state index contributed by atoms with van der Waals surface area (Å²) in [5.74, 6) is -0.104. The lowest BCUT2D eigenvalue weighted by Crippen LogP contribution is -2.14. The van der Waals surface area contributed by atoms with Crippen molar-refractivity contribution >= 4 is 17.6 Å². The maximum absolute atomic E-state index is 12.8. The van der Waals surface area contributed by atoms with Crippen LogP contribution in [-0.2, 0) is 9.53 Å². The normalized spacial score (nSPS) is 13.1. The summed E-state index contributed by atoms with van der Waals surface area (Å²) in [4.78, 5) is 23.9. The second-order valence-corrected chi connectivity index (χ2v) is 6.14. The molecule has 0 aliphatic heterocycles. The smallest absolute Gasteiger partial charge is 0.338 e. The molecule has 0 bridgehead atoms. The molecule has 26 heavy (non-hydrogen) atoms. The minimum atomic E-state index is -0.450. The quantitative estimate of drug-likeness (QED) is 0.576. The molecule has 2 aromatic rings. The highest BCUT2D eigenvalue weighted by atomic mass is 19.1. The third-order valence-electron chi connectivity index (χ3n) is 3.92. The van der Waals surface area contributed by atoms with Gasteiger partial charge in [0.2, 0.25) is 5.91 Å². The summed E-state index contributed by atoms with van der Waals surface area (Å²) in [6.07, 6.45) is 2.36. The summed E-state index contributed by atoms with van der Waals surface area (Å²) < 4.78 is 23.4. The van der Waals surface area contributed by atoms with Crippen molar-refractivity contribution in [3.63, 3.8) is 0 Å². The van der Waals surface area contributed by atoms with Crippen LogP contribution in [0.2, 0.25) is 0 Å². The first-order valence-corrected chi connectivity index (χ1v) is 8.58. The fourth-order valence-electron chi connectivity index (χ4n) is 2.34. The maximum Gasteiger partial charge on any atom is 0.338 e. The van der Waals surface area contributed by atoms with Gasteiger partial charge in [0.1, 0.15) is 11.6 Å². The summed E-state index contributed by atoms with van der Waals surface area (Å²) in [5.41, 5.74) is 0.981. The number of amides is 1. The topological polar surface area (TPSA) is 64.6 Å². The third-order valence-corrected chi connectivity index (χ3v) is 3.92. The second-order valence-electron chi connectivity index (χ2n) is 6.14. The molecule has 0 saturated heterocycles. The number of carbonyl (C=O) groups excluding carboxylic acids is 2. The molecule has 1 fully saturated rings. The molecular weight excluding hydrogens is 337 g/mol. The molecule has 0 aromatic heterocycles. The van der Waals surface area contributed by atoms with E-state index in [0.29, 0.717) is 30.0 Å². The number of benzene rings is 2. The van der Waals surface area contributed by atoms with E-state index >= 15 is 0 Å². The van der Waals surface area contributed by atoms with Crippen molar-refractivity contribution in [1.29, 1.82) is 0 Å². The van der Waals surface area contributed by atoms with Gasteiger partial charge in [-0.15, -0.1) is 0 Å². The molecule has 0 radical (unpaired) electrons. The van der Waals surface area contributed by atoms with E-state index in [9.17, 15) is 14.0 Å². The van der Waals surface area contributed by atoms with E-state index in [4.69, 9.17) is 9.47 Å². The van der Waals surface area contributed by atoms with E-state index < -0.39 is 5.97 Å². The van der Waals surface area contributed by atoms with Gasteiger partial charge in [-0.3, -0.25) is 4.79 Å². The second kappa shape index (κ2) is 8.47. The molecular formula is C20H20FNO4. The molecule has 136 valence electrons. The van der Waals surface area contributed by atoms with Crippen molar-refractivity contribution in [2.24, 2.45) is 5.92 Å². The predicted octanol–water partition coefficient (Wildman–Crippen LogP) is 3.80. The van der Waals surface area contributed by atoms with Crippen LogP contribution in [0.25, 0.3) is 0 Å².